The van der Waals surface area contributed by atoms with Gasteiger partial charge >= 0.3 is 0 Å². The zero-order chi connectivity index (χ0) is 27.2. The number of carbonyl (C=O) groups excluding carboxylic acids is 2. The van der Waals surface area contributed by atoms with Gasteiger partial charge in [0.05, 0.1) is 28.3 Å². The van der Waals surface area contributed by atoms with Crippen LogP contribution in [0, 0.1) is 25.2 Å². The molecule has 3 N–H and O–H groups in total. The van der Waals surface area contributed by atoms with Crippen LogP contribution in [0.5, 0.6) is 0 Å². The molecule has 0 spiro atoms. The Labute approximate surface area is 231 Å². The van der Waals surface area contributed by atoms with E-state index in [-0.39, 0.29) is 17.6 Å². The van der Waals surface area contributed by atoms with Crippen molar-refractivity contribution in [1.29, 1.82) is 5.26 Å². The van der Waals surface area contributed by atoms with Crippen molar-refractivity contribution in [2.24, 2.45) is 0 Å². The van der Waals surface area contributed by atoms with Crippen LogP contribution in [0.15, 0.2) is 94.7 Å². The predicted octanol–water partition coefficient (Wildman–Crippen LogP) is 6.66. The summed E-state index contributed by atoms with van der Waals surface area (Å²) in [5, 5.41) is 20.3. The Morgan fingerprint density at radius 2 is 1.68 bits per heavy atom. The summed E-state index contributed by atoms with van der Waals surface area (Å²) < 4.78 is 0. The lowest BCUT2D eigenvalue weighted by Crippen LogP contribution is -2.31. The van der Waals surface area contributed by atoms with Gasteiger partial charge in [-0.1, -0.05) is 71.9 Å². The molecule has 38 heavy (non-hydrogen) atoms. The monoisotopic (exact) mass is 542 g/mol. The average Bonchev–Trinajstić information content (AvgIpc) is 2.90. The number of aryl methyl sites for hydroxylation is 1. The third kappa shape index (κ3) is 5.94. The number of amides is 2. The topological polar surface area (TPSA) is 94.0 Å². The quantitative estimate of drug-likeness (QED) is 0.310. The number of thioether (sulfide) groups is 1. The number of benzene rings is 3. The van der Waals surface area contributed by atoms with Gasteiger partial charge in [0.25, 0.3) is 5.91 Å². The smallest absolute Gasteiger partial charge is 0.254 e. The minimum atomic E-state index is -0.705. The molecule has 0 unspecified atom stereocenters. The van der Waals surface area contributed by atoms with E-state index in [0.717, 1.165) is 16.8 Å². The molecule has 0 saturated heterocycles. The minimum absolute atomic E-state index is 0.0783. The molecule has 0 aromatic heterocycles. The Hall–Kier alpha value is -3.99. The molecule has 4 rings (SSSR count). The first-order chi connectivity index (χ1) is 18.3. The number of dihydropyridines is 1. The molecule has 1 atom stereocenters. The van der Waals surface area contributed by atoms with E-state index in [9.17, 15) is 14.9 Å². The minimum Gasteiger partial charge on any atom is -0.353 e. The highest BCUT2D eigenvalue weighted by Crippen LogP contribution is 2.43. The molecule has 3 aromatic carbocycles. The summed E-state index contributed by atoms with van der Waals surface area (Å²) in [5.41, 5.74) is 5.43. The van der Waals surface area contributed by atoms with Gasteiger partial charge in [0.15, 0.2) is 0 Å². The third-order valence-electron chi connectivity index (χ3n) is 6.37. The van der Waals surface area contributed by atoms with E-state index in [1.807, 2.05) is 62.4 Å². The molecular weight excluding hydrogens is 516 g/mol. The normalized spacial score (nSPS) is 15.0. The summed E-state index contributed by atoms with van der Waals surface area (Å²) in [4.78, 5) is 26.3. The van der Waals surface area contributed by atoms with E-state index >= 15 is 0 Å². The number of nitrogens with one attached hydrogen (secondary N) is 3. The number of hydrogen-bond donors (Lipinski definition) is 3. The summed E-state index contributed by atoms with van der Waals surface area (Å²) in [6.07, 6.45) is 0. The van der Waals surface area contributed by atoms with Crippen molar-refractivity contribution in [3.05, 3.63) is 116 Å². The summed E-state index contributed by atoms with van der Waals surface area (Å²) >= 11 is 7.79. The van der Waals surface area contributed by atoms with Crippen LogP contribution in [0.2, 0.25) is 5.02 Å². The van der Waals surface area contributed by atoms with Crippen molar-refractivity contribution in [2.45, 2.75) is 26.7 Å². The maximum Gasteiger partial charge on any atom is 0.254 e. The Bertz CT molecular complexity index is 1490. The van der Waals surface area contributed by atoms with Crippen LogP contribution in [-0.4, -0.2) is 17.6 Å². The molecule has 0 aliphatic carbocycles. The number of halogens is 1. The Morgan fingerprint density at radius 1 is 0.974 bits per heavy atom. The van der Waals surface area contributed by atoms with Crippen LogP contribution in [0.25, 0.3) is 0 Å². The van der Waals surface area contributed by atoms with Crippen molar-refractivity contribution in [3.8, 4) is 6.07 Å². The largest absolute Gasteiger partial charge is 0.353 e. The molecule has 8 heteroatoms. The molecule has 0 bridgehead atoms. The van der Waals surface area contributed by atoms with Gasteiger partial charge in [-0.15, -0.1) is 0 Å². The van der Waals surface area contributed by atoms with E-state index in [0.29, 0.717) is 38.1 Å². The second kappa shape index (κ2) is 12.0. The molecule has 0 saturated carbocycles. The van der Waals surface area contributed by atoms with Crippen LogP contribution in [-0.2, 0) is 9.59 Å². The Balaban J connectivity index is 1.64. The molecule has 6 nitrogen and oxygen atoms in total. The van der Waals surface area contributed by atoms with Gasteiger partial charge in [0.2, 0.25) is 5.91 Å². The summed E-state index contributed by atoms with van der Waals surface area (Å²) in [7, 11) is 0. The lowest BCUT2D eigenvalue weighted by molar-refractivity contribution is -0.114. The fourth-order valence-electron chi connectivity index (χ4n) is 4.28. The SMILES string of the molecule is CC1=C(C(=O)Nc2ccccc2)[C@H](c2ccccc2Cl)C(C#N)=C(SCC(=O)Nc2cccc(C)c2C)N1. The maximum atomic E-state index is 13.5. The van der Waals surface area contributed by atoms with Crippen LogP contribution in [0.3, 0.4) is 0 Å². The van der Waals surface area contributed by atoms with Gasteiger partial charge in [-0.2, -0.15) is 5.26 Å². The van der Waals surface area contributed by atoms with E-state index in [1.165, 1.54) is 11.8 Å². The highest BCUT2D eigenvalue weighted by atomic mass is 35.5. The fraction of sp³-hybridized carbons (Fsp3) is 0.167. The van der Waals surface area contributed by atoms with Gasteiger partial charge < -0.3 is 16.0 Å². The van der Waals surface area contributed by atoms with Crippen LogP contribution in [0.1, 0.15) is 29.5 Å². The number of carbonyl (C=O) groups is 2. The number of rotatable bonds is 7. The standard InChI is InChI=1S/C30H27ClN4O2S/c1-18-10-9-15-25(19(18)2)35-26(36)17-38-30-23(16-32)28(22-13-7-8-14-24(22)31)27(20(3)33-30)29(37)34-21-11-5-4-6-12-21/h4-15,28,33H,17H2,1-3H3,(H,34,37)(H,35,36)/t28-/m1/s1. The van der Waals surface area contributed by atoms with Crippen LogP contribution >= 0.6 is 23.4 Å². The molecule has 192 valence electrons. The van der Waals surface area contributed by atoms with E-state index in [1.54, 1.807) is 31.2 Å². The predicted molar refractivity (Wildman–Crippen MR) is 155 cm³/mol. The molecule has 0 fully saturated rings. The first kappa shape index (κ1) is 27.1. The first-order valence-electron chi connectivity index (χ1n) is 12.0. The molecule has 0 radical (unpaired) electrons. The van der Waals surface area contributed by atoms with Gasteiger partial charge in [0, 0.05) is 27.7 Å². The van der Waals surface area contributed by atoms with Crippen molar-refractivity contribution in [1.82, 2.24) is 5.32 Å². The molecule has 1 aliphatic heterocycles. The molecule has 3 aromatic rings. The number of nitriles is 1. The highest BCUT2D eigenvalue weighted by molar-refractivity contribution is 8.03. The van der Waals surface area contributed by atoms with E-state index in [4.69, 9.17) is 11.6 Å². The zero-order valence-corrected chi connectivity index (χ0v) is 22.8. The van der Waals surface area contributed by atoms with Crippen molar-refractivity contribution >= 4 is 46.6 Å². The second-order valence-electron chi connectivity index (χ2n) is 8.88. The van der Waals surface area contributed by atoms with Gasteiger partial charge in [-0.3, -0.25) is 9.59 Å². The second-order valence-corrected chi connectivity index (χ2v) is 10.3. The zero-order valence-electron chi connectivity index (χ0n) is 21.3. The van der Waals surface area contributed by atoms with Gasteiger partial charge in [0.1, 0.15) is 0 Å². The molecule has 2 amide bonds. The Morgan fingerprint density at radius 3 is 2.39 bits per heavy atom. The van der Waals surface area contributed by atoms with Crippen molar-refractivity contribution < 1.29 is 9.59 Å². The number of hydrogen-bond acceptors (Lipinski definition) is 5. The van der Waals surface area contributed by atoms with Gasteiger partial charge in [-0.25, -0.2) is 0 Å². The van der Waals surface area contributed by atoms with Crippen LogP contribution in [0.4, 0.5) is 11.4 Å². The number of anilines is 2. The number of para-hydroxylation sites is 1. The summed E-state index contributed by atoms with van der Waals surface area (Å²) in [6, 6.07) is 24.3. The fourth-order valence-corrected chi connectivity index (χ4v) is 5.41. The van der Waals surface area contributed by atoms with E-state index in [2.05, 4.69) is 22.0 Å². The summed E-state index contributed by atoms with van der Waals surface area (Å²) in [5.74, 6) is -1.16. The lowest BCUT2D eigenvalue weighted by Gasteiger charge is -2.30. The number of allylic oxidation sites excluding steroid dienone is 2. The lowest BCUT2D eigenvalue weighted by atomic mass is 9.82. The molecule has 1 heterocycles. The van der Waals surface area contributed by atoms with Crippen LogP contribution < -0.4 is 16.0 Å². The first-order valence-corrected chi connectivity index (χ1v) is 13.4. The maximum absolute atomic E-state index is 13.5. The van der Waals surface area contributed by atoms with Gasteiger partial charge in [-0.05, 0) is 61.7 Å². The average molecular weight is 543 g/mol. The Kier molecular flexibility index (Phi) is 8.57. The van der Waals surface area contributed by atoms with E-state index < -0.39 is 5.92 Å². The molecular formula is C30H27ClN4O2S. The highest BCUT2D eigenvalue weighted by Gasteiger charge is 2.36. The molecule has 1 aliphatic rings. The van der Waals surface area contributed by atoms with Crippen molar-refractivity contribution in [3.63, 3.8) is 0 Å². The summed E-state index contributed by atoms with van der Waals surface area (Å²) in [6.45, 7) is 5.74. The number of nitrogens with zero attached hydrogens (tertiary/aromatic N) is 1. The third-order valence-corrected chi connectivity index (χ3v) is 7.73. The van der Waals surface area contributed by atoms with Crippen molar-refractivity contribution in [2.75, 3.05) is 16.4 Å².